The van der Waals surface area contributed by atoms with Crippen LogP contribution in [0.2, 0.25) is 0 Å². The molecule has 106 valence electrons. The van der Waals surface area contributed by atoms with Crippen LogP contribution in [0.3, 0.4) is 0 Å². The van der Waals surface area contributed by atoms with Crippen LogP contribution in [-0.2, 0) is 0 Å². The van der Waals surface area contributed by atoms with Crippen molar-refractivity contribution in [3.63, 3.8) is 0 Å². The number of hydrogen-bond acceptors (Lipinski definition) is 4. The molecule has 0 N–H and O–H groups in total. The van der Waals surface area contributed by atoms with Crippen LogP contribution in [-0.4, -0.2) is 28.6 Å². The summed E-state index contributed by atoms with van der Waals surface area (Å²) in [5.41, 5.74) is 2.35. The Balaban J connectivity index is 1.82. The van der Waals surface area contributed by atoms with Crippen LogP contribution in [0, 0.1) is 0 Å². The zero-order chi connectivity index (χ0) is 14.1. The van der Waals surface area contributed by atoms with Crippen LogP contribution >= 0.6 is 0 Å². The van der Waals surface area contributed by atoms with E-state index in [1.54, 1.807) is 0 Å². The minimum atomic E-state index is 0.284. The summed E-state index contributed by atoms with van der Waals surface area (Å²) < 4.78 is 5.45. The monoisotopic (exact) mass is 271 g/mol. The van der Waals surface area contributed by atoms with Gasteiger partial charge in [0.25, 0.3) is 0 Å². The Bertz CT molecular complexity index is 574. The molecule has 1 aliphatic rings. The molecule has 1 atom stereocenters. The molecule has 4 heteroatoms. The molecule has 0 bridgehead atoms. The molecular weight excluding hydrogens is 250 g/mol. The molecule has 1 saturated heterocycles. The molecule has 0 amide bonds. The van der Waals surface area contributed by atoms with Crippen LogP contribution < -0.4 is 0 Å². The topological polar surface area (TPSA) is 42.2 Å². The van der Waals surface area contributed by atoms with Crippen molar-refractivity contribution in [1.82, 2.24) is 15.0 Å². The molecule has 4 nitrogen and oxygen atoms in total. The summed E-state index contributed by atoms with van der Waals surface area (Å²) in [6.07, 6.45) is 2.30. The van der Waals surface area contributed by atoms with Crippen LogP contribution in [0.5, 0.6) is 0 Å². The Kier molecular flexibility index (Phi) is 3.57. The van der Waals surface area contributed by atoms with E-state index in [1.807, 2.05) is 0 Å². The molecule has 0 spiro atoms. The predicted molar refractivity (Wildman–Crippen MR) is 78.4 cm³/mol. The van der Waals surface area contributed by atoms with Gasteiger partial charge in [0.05, 0.1) is 6.04 Å². The van der Waals surface area contributed by atoms with E-state index < -0.39 is 0 Å². The van der Waals surface area contributed by atoms with Crippen molar-refractivity contribution in [2.24, 2.45) is 0 Å². The second kappa shape index (κ2) is 5.37. The van der Waals surface area contributed by atoms with Gasteiger partial charge in [-0.2, -0.15) is 4.98 Å². The quantitative estimate of drug-likeness (QED) is 0.855. The second-order valence-electron chi connectivity index (χ2n) is 5.87. The molecule has 1 aromatic heterocycles. The van der Waals surface area contributed by atoms with Gasteiger partial charge in [-0.3, -0.25) is 4.90 Å². The van der Waals surface area contributed by atoms with Crippen molar-refractivity contribution in [3.05, 3.63) is 35.7 Å². The summed E-state index contributed by atoms with van der Waals surface area (Å²) in [6.45, 7) is 5.49. The maximum Gasteiger partial charge on any atom is 0.244 e. The summed E-state index contributed by atoms with van der Waals surface area (Å²) in [5.74, 6) is 1.97. The fraction of sp³-hybridized carbons (Fsp3) is 0.500. The van der Waals surface area contributed by atoms with Crippen molar-refractivity contribution >= 4 is 0 Å². The third-order valence-corrected chi connectivity index (χ3v) is 4.08. The third-order valence-electron chi connectivity index (χ3n) is 4.08. The first-order valence-electron chi connectivity index (χ1n) is 7.29. The highest BCUT2D eigenvalue weighted by Gasteiger charge is 2.27. The molecule has 1 aliphatic heterocycles. The normalized spacial score (nSPS) is 19.9. The minimum Gasteiger partial charge on any atom is -0.337 e. The molecule has 2 heterocycles. The van der Waals surface area contributed by atoms with Crippen LogP contribution in [0.1, 0.15) is 50.1 Å². The standard InChI is InChI=1S/C16H21N3O/c1-11(2)12-6-8-13(9-7-12)15-17-16(20-18-15)14-5-4-10-19(14)3/h6-9,11,14H,4-5,10H2,1-3H3/t14-/m1/s1. The Morgan fingerprint density at radius 3 is 2.60 bits per heavy atom. The second-order valence-corrected chi connectivity index (χ2v) is 5.87. The first kappa shape index (κ1) is 13.3. The van der Waals surface area contributed by atoms with E-state index >= 15 is 0 Å². The Hall–Kier alpha value is -1.68. The van der Waals surface area contributed by atoms with Crippen molar-refractivity contribution in [1.29, 1.82) is 0 Å². The van der Waals surface area contributed by atoms with Crippen LogP contribution in [0.15, 0.2) is 28.8 Å². The largest absolute Gasteiger partial charge is 0.337 e. The highest BCUT2D eigenvalue weighted by atomic mass is 16.5. The fourth-order valence-corrected chi connectivity index (χ4v) is 2.73. The van der Waals surface area contributed by atoms with E-state index in [-0.39, 0.29) is 6.04 Å². The van der Waals surface area contributed by atoms with E-state index in [4.69, 9.17) is 4.52 Å². The van der Waals surface area contributed by atoms with Crippen molar-refractivity contribution in [3.8, 4) is 11.4 Å². The molecular formula is C16H21N3O. The van der Waals surface area contributed by atoms with Gasteiger partial charge in [0.2, 0.25) is 11.7 Å². The number of nitrogens with zero attached hydrogens (tertiary/aromatic N) is 3. The molecule has 1 aromatic carbocycles. The summed E-state index contributed by atoms with van der Waals surface area (Å²) in [5, 5.41) is 4.13. The lowest BCUT2D eigenvalue weighted by Crippen LogP contribution is -2.17. The van der Waals surface area contributed by atoms with Gasteiger partial charge in [-0.15, -0.1) is 0 Å². The van der Waals surface area contributed by atoms with E-state index in [0.717, 1.165) is 24.4 Å². The van der Waals surface area contributed by atoms with Gasteiger partial charge < -0.3 is 4.52 Å². The Morgan fingerprint density at radius 1 is 1.25 bits per heavy atom. The molecule has 2 aromatic rings. The van der Waals surface area contributed by atoms with Crippen molar-refractivity contribution < 1.29 is 4.52 Å². The van der Waals surface area contributed by atoms with Gasteiger partial charge in [-0.25, -0.2) is 0 Å². The van der Waals surface area contributed by atoms with Gasteiger partial charge in [0.15, 0.2) is 0 Å². The summed E-state index contributed by atoms with van der Waals surface area (Å²) >= 11 is 0. The highest BCUT2D eigenvalue weighted by molar-refractivity contribution is 5.54. The first-order chi connectivity index (χ1) is 9.65. The van der Waals surface area contributed by atoms with E-state index in [2.05, 4.69) is 60.2 Å². The summed E-state index contributed by atoms with van der Waals surface area (Å²) in [6, 6.07) is 8.70. The molecule has 1 fully saturated rings. The maximum absolute atomic E-state index is 5.45. The Labute approximate surface area is 119 Å². The number of hydrogen-bond donors (Lipinski definition) is 0. The van der Waals surface area contributed by atoms with E-state index in [9.17, 15) is 0 Å². The van der Waals surface area contributed by atoms with Crippen molar-refractivity contribution in [2.45, 2.75) is 38.6 Å². The van der Waals surface area contributed by atoms with Crippen LogP contribution in [0.4, 0.5) is 0 Å². The van der Waals surface area contributed by atoms with Gasteiger partial charge in [0, 0.05) is 5.56 Å². The molecule has 0 radical (unpaired) electrons. The number of aromatic nitrogens is 2. The summed E-state index contributed by atoms with van der Waals surface area (Å²) in [4.78, 5) is 6.84. The minimum absolute atomic E-state index is 0.284. The summed E-state index contributed by atoms with van der Waals surface area (Å²) in [7, 11) is 2.11. The van der Waals surface area contributed by atoms with Crippen LogP contribution in [0.25, 0.3) is 11.4 Å². The molecule has 3 rings (SSSR count). The zero-order valence-electron chi connectivity index (χ0n) is 12.3. The highest BCUT2D eigenvalue weighted by Crippen LogP contribution is 2.30. The SMILES string of the molecule is CC(C)c1ccc(-c2noc([C@H]3CCCN3C)n2)cc1. The van der Waals surface area contributed by atoms with Gasteiger partial charge in [-0.1, -0.05) is 43.3 Å². The predicted octanol–water partition coefficient (Wildman–Crippen LogP) is 3.63. The zero-order valence-corrected chi connectivity index (χ0v) is 12.3. The smallest absolute Gasteiger partial charge is 0.244 e. The number of likely N-dealkylation sites (tertiary alicyclic amines) is 1. The average molecular weight is 271 g/mol. The molecule has 20 heavy (non-hydrogen) atoms. The van der Waals surface area contributed by atoms with E-state index in [1.165, 1.54) is 12.0 Å². The lowest BCUT2D eigenvalue weighted by atomic mass is 10.0. The fourth-order valence-electron chi connectivity index (χ4n) is 2.73. The molecule has 0 aliphatic carbocycles. The van der Waals surface area contributed by atoms with Gasteiger partial charge in [0.1, 0.15) is 0 Å². The first-order valence-corrected chi connectivity index (χ1v) is 7.29. The van der Waals surface area contributed by atoms with Gasteiger partial charge in [-0.05, 0) is 37.9 Å². The lowest BCUT2D eigenvalue weighted by molar-refractivity contribution is 0.245. The van der Waals surface area contributed by atoms with Gasteiger partial charge >= 0.3 is 0 Å². The van der Waals surface area contributed by atoms with E-state index in [0.29, 0.717) is 11.7 Å². The average Bonchev–Trinajstić information content (AvgIpc) is 3.07. The number of benzene rings is 1. The molecule has 0 saturated carbocycles. The molecule has 0 unspecified atom stereocenters. The number of rotatable bonds is 3. The van der Waals surface area contributed by atoms with Crippen molar-refractivity contribution in [2.75, 3.05) is 13.6 Å². The lowest BCUT2D eigenvalue weighted by Gasteiger charge is -2.14. The third kappa shape index (κ3) is 2.48. The maximum atomic E-state index is 5.45. The Morgan fingerprint density at radius 2 is 2.00 bits per heavy atom.